The maximum atomic E-state index is 13.1. The second kappa shape index (κ2) is 22.3. The van der Waals surface area contributed by atoms with Crippen molar-refractivity contribution in [1.82, 2.24) is 20.2 Å². The van der Waals surface area contributed by atoms with Crippen molar-refractivity contribution in [1.29, 1.82) is 0 Å². The number of rotatable bonds is 20. The van der Waals surface area contributed by atoms with Gasteiger partial charge in [-0.15, -0.1) is 0 Å². The van der Waals surface area contributed by atoms with E-state index in [1.807, 2.05) is 4.98 Å². The second-order valence-electron chi connectivity index (χ2n) is 14.9. The minimum Gasteiger partial charge on any atom is -0.394 e. The van der Waals surface area contributed by atoms with Gasteiger partial charge in [-0.3, -0.25) is 23.9 Å². The number of aliphatic hydroxyl groups excluding tert-OH is 8. The lowest BCUT2D eigenvalue weighted by atomic mass is 9.91. The number of carbonyl (C=O) groups is 2. The molecule has 2 amide bonds. The molecule has 1 aromatic rings. The van der Waals surface area contributed by atoms with E-state index in [2.05, 4.69) is 17.6 Å². The van der Waals surface area contributed by atoms with Crippen LogP contribution in [0, 0.1) is 0 Å². The molecule has 1 aromatic heterocycles. The number of nitrogens with zero attached hydrogens (tertiary/aromatic N) is 1. The van der Waals surface area contributed by atoms with E-state index >= 15 is 0 Å². The van der Waals surface area contributed by atoms with Crippen molar-refractivity contribution < 1.29 is 69.4 Å². The number of amides is 2. The number of allylic oxidation sites excluding steroid dienone is 1. The van der Waals surface area contributed by atoms with Crippen LogP contribution in [0.4, 0.5) is 0 Å². The second-order valence-corrected chi connectivity index (χ2v) is 14.9. The van der Waals surface area contributed by atoms with Gasteiger partial charge in [0, 0.05) is 25.6 Å². The van der Waals surface area contributed by atoms with Gasteiger partial charge >= 0.3 is 5.69 Å². The number of aromatic nitrogens is 2. The molecule has 3 saturated heterocycles. The summed E-state index contributed by atoms with van der Waals surface area (Å²) < 4.78 is 24.1. The van der Waals surface area contributed by atoms with Gasteiger partial charge in [-0.25, -0.2) is 4.79 Å². The summed E-state index contributed by atoms with van der Waals surface area (Å²) >= 11 is 0. The SMILES string of the molecule is CCCCCCCCCCC/C=C/C(=O)NC1C(OC2OC(CO)C(O)C(O)C2NC(C)=O)OC(C[C@@H](O)C2OC(n3ccc(=O)[nH]c3=O)C(O)C2O)C(O)C1O. The molecule has 3 fully saturated rings. The van der Waals surface area contributed by atoms with Crippen molar-refractivity contribution >= 4 is 11.8 Å². The van der Waals surface area contributed by atoms with Crippen LogP contribution in [0.2, 0.25) is 0 Å². The van der Waals surface area contributed by atoms with E-state index in [0.29, 0.717) is 6.42 Å². The lowest BCUT2D eigenvalue weighted by Crippen LogP contribution is -2.68. The molecule has 11 N–H and O–H groups in total. The molecule has 20 heteroatoms. The highest BCUT2D eigenvalue weighted by atomic mass is 16.8. The van der Waals surface area contributed by atoms with Crippen molar-refractivity contribution in [2.45, 2.75) is 176 Å². The Balaban J connectivity index is 1.48. The summed E-state index contributed by atoms with van der Waals surface area (Å²) in [5.41, 5.74) is -1.68. The van der Waals surface area contributed by atoms with Crippen molar-refractivity contribution in [2.24, 2.45) is 0 Å². The fourth-order valence-corrected chi connectivity index (χ4v) is 7.32. The number of aromatic amines is 1. The normalized spacial score (nSPS) is 35.0. The molecule has 3 aliphatic rings. The Morgan fingerprint density at radius 2 is 1.40 bits per heavy atom. The van der Waals surface area contributed by atoms with E-state index in [4.69, 9.17) is 18.9 Å². The third-order valence-electron chi connectivity index (χ3n) is 10.5. The third-order valence-corrected chi connectivity index (χ3v) is 10.5. The highest BCUT2D eigenvalue weighted by molar-refractivity contribution is 5.87. The zero-order valence-corrected chi connectivity index (χ0v) is 32.2. The number of unbranched alkanes of at least 4 members (excludes halogenated alkanes) is 9. The van der Waals surface area contributed by atoms with Crippen molar-refractivity contribution in [3.05, 3.63) is 45.3 Å². The summed E-state index contributed by atoms with van der Waals surface area (Å²) in [5, 5.41) is 91.3. The molecule has 15 atom stereocenters. The monoisotopic (exact) mass is 816 g/mol. The van der Waals surface area contributed by atoms with Crippen LogP contribution >= 0.6 is 0 Å². The number of hydrogen-bond donors (Lipinski definition) is 11. The molecule has 3 aliphatic heterocycles. The number of nitrogens with one attached hydrogen (secondary N) is 3. The number of aliphatic hydroxyl groups is 8. The van der Waals surface area contributed by atoms with Crippen LogP contribution in [-0.4, -0.2) is 155 Å². The van der Waals surface area contributed by atoms with Crippen molar-refractivity contribution in [3.63, 3.8) is 0 Å². The van der Waals surface area contributed by atoms with Crippen LogP contribution in [-0.2, 0) is 28.5 Å². The summed E-state index contributed by atoms with van der Waals surface area (Å²) in [4.78, 5) is 51.0. The molecule has 4 heterocycles. The van der Waals surface area contributed by atoms with E-state index in [-0.39, 0.29) is 0 Å². The van der Waals surface area contributed by atoms with Gasteiger partial charge in [0.2, 0.25) is 11.8 Å². The van der Waals surface area contributed by atoms with Gasteiger partial charge in [-0.1, -0.05) is 64.4 Å². The Labute approximate surface area is 329 Å². The average Bonchev–Trinajstić information content (AvgIpc) is 3.46. The topological polar surface area (TPSA) is 312 Å². The summed E-state index contributed by atoms with van der Waals surface area (Å²) in [6.45, 7) is 2.52. The van der Waals surface area contributed by atoms with E-state index in [0.717, 1.165) is 49.4 Å². The molecule has 0 bridgehead atoms. The first-order valence-corrected chi connectivity index (χ1v) is 19.7. The van der Waals surface area contributed by atoms with E-state index in [1.165, 1.54) is 38.2 Å². The third kappa shape index (κ3) is 12.4. The standard InChI is InChI=1S/C37H60N4O16/c1-3-4-5-6-7-8-9-10-11-12-13-14-23(45)39-26-30(50)27(47)21(54-36(26)57-35-25(38-19(2)43)29(49)28(48)22(18-42)55-35)17-20(44)33-31(51)32(52)34(56-33)41-16-15-24(46)40-37(41)53/h13-16,20-22,25-36,42,44,47-52H,3-12,17-18H2,1-2H3,(H,38,43)(H,39,45)(H,40,46,53)/b14-13+/t20-,21?,22?,25?,26?,27?,28?,29?,30?,31?,32?,33?,34?,35?,36?/m1/s1. The van der Waals surface area contributed by atoms with Crippen molar-refractivity contribution in [3.8, 4) is 0 Å². The summed E-state index contributed by atoms with van der Waals surface area (Å²) in [5.74, 6) is -1.35. The van der Waals surface area contributed by atoms with Crippen LogP contribution in [0.15, 0.2) is 34.0 Å². The lowest BCUT2D eigenvalue weighted by molar-refractivity contribution is -0.346. The van der Waals surface area contributed by atoms with Crippen molar-refractivity contribution in [2.75, 3.05) is 6.61 Å². The minimum absolute atomic E-state index is 0.597. The molecule has 0 aromatic carbocycles. The molecule has 0 spiro atoms. The lowest BCUT2D eigenvalue weighted by Gasteiger charge is -2.47. The Bertz CT molecular complexity index is 1560. The first-order valence-electron chi connectivity index (χ1n) is 19.7. The van der Waals surface area contributed by atoms with Gasteiger partial charge in [0.15, 0.2) is 18.8 Å². The number of carbonyl (C=O) groups excluding carboxylic acids is 2. The van der Waals surface area contributed by atoms with Gasteiger partial charge in [0.1, 0.15) is 60.9 Å². The van der Waals surface area contributed by atoms with Crippen LogP contribution in [0.25, 0.3) is 0 Å². The summed E-state index contributed by atoms with van der Waals surface area (Å²) in [6, 6.07) is -2.01. The average molecular weight is 817 g/mol. The van der Waals surface area contributed by atoms with E-state index in [9.17, 15) is 60.0 Å². The fraction of sp³-hybridized carbons (Fsp3) is 0.784. The number of ether oxygens (including phenoxy) is 4. The molecule has 324 valence electrons. The Morgan fingerprint density at radius 1 is 0.825 bits per heavy atom. The largest absolute Gasteiger partial charge is 0.394 e. The Kier molecular flexibility index (Phi) is 18.2. The van der Waals surface area contributed by atoms with Gasteiger partial charge in [0.25, 0.3) is 5.56 Å². The quantitative estimate of drug-likeness (QED) is 0.0470. The van der Waals surface area contributed by atoms with Crippen LogP contribution in [0.5, 0.6) is 0 Å². The van der Waals surface area contributed by atoms with Gasteiger partial charge in [-0.05, 0) is 18.9 Å². The van der Waals surface area contributed by atoms with Gasteiger partial charge in [-0.2, -0.15) is 0 Å². The summed E-state index contributed by atoms with van der Waals surface area (Å²) in [6.07, 6.45) is -7.70. The predicted molar refractivity (Wildman–Crippen MR) is 198 cm³/mol. The molecular formula is C37H60N4O16. The molecule has 0 saturated carbocycles. The minimum atomic E-state index is -1.85. The molecule has 57 heavy (non-hydrogen) atoms. The molecule has 0 aliphatic carbocycles. The van der Waals surface area contributed by atoms with Crippen LogP contribution in [0.3, 0.4) is 0 Å². The van der Waals surface area contributed by atoms with E-state index < -0.39 is 128 Å². The van der Waals surface area contributed by atoms with Gasteiger partial charge < -0.3 is 70.4 Å². The molecule has 14 unspecified atom stereocenters. The van der Waals surface area contributed by atoms with Gasteiger partial charge in [0.05, 0.1) is 18.8 Å². The highest BCUT2D eigenvalue weighted by Gasteiger charge is 2.53. The maximum Gasteiger partial charge on any atom is 0.330 e. The zero-order chi connectivity index (χ0) is 41.8. The summed E-state index contributed by atoms with van der Waals surface area (Å²) in [7, 11) is 0. The van der Waals surface area contributed by atoms with Crippen LogP contribution in [0.1, 0.15) is 90.7 Å². The zero-order valence-electron chi connectivity index (χ0n) is 32.2. The molecular weight excluding hydrogens is 756 g/mol. The maximum absolute atomic E-state index is 13.1. The first kappa shape index (κ1) is 46.6. The number of hydrogen-bond acceptors (Lipinski definition) is 16. The Hall–Kier alpha value is -3.12. The van der Waals surface area contributed by atoms with E-state index in [1.54, 1.807) is 6.08 Å². The fourth-order valence-electron chi connectivity index (χ4n) is 7.32. The Morgan fingerprint density at radius 3 is 2.00 bits per heavy atom. The number of H-pyrrole nitrogens is 1. The molecule has 20 nitrogen and oxygen atoms in total. The molecule has 4 rings (SSSR count). The molecule has 0 radical (unpaired) electrons. The predicted octanol–water partition coefficient (Wildman–Crippen LogP) is -2.72. The van der Waals surface area contributed by atoms with Crippen LogP contribution < -0.4 is 21.9 Å². The smallest absolute Gasteiger partial charge is 0.330 e. The highest BCUT2D eigenvalue weighted by Crippen LogP contribution is 2.34. The first-order chi connectivity index (χ1) is 27.2.